The fourth-order valence-corrected chi connectivity index (χ4v) is 4.98. The van der Waals surface area contributed by atoms with Crippen LogP contribution >= 0.6 is 11.3 Å². The third kappa shape index (κ3) is 7.43. The number of carbonyl (C=O) groups excluding carboxylic acids is 1. The zero-order valence-corrected chi connectivity index (χ0v) is 22.5. The van der Waals surface area contributed by atoms with E-state index in [-0.39, 0.29) is 29.4 Å². The van der Waals surface area contributed by atoms with Crippen LogP contribution in [0.25, 0.3) is 0 Å². The highest BCUT2D eigenvalue weighted by Crippen LogP contribution is 2.33. The molecule has 10 heteroatoms. The standard InChI is InChI=1S/C26H36F3N3O3S/c1-6-31(7-2)12-14-35-21-11-10-18(26(27,28)29)15-20(21)23(33)30-24-32(16-19-9-8-13-34-19)17-22(36-24)25(3,4)5/h10-11,15,17,19H,6-9,12-14,16H2,1-5H3/t19-/m1/s1. The molecule has 1 aromatic carbocycles. The van der Waals surface area contributed by atoms with Crippen molar-refractivity contribution in [2.24, 2.45) is 4.99 Å². The lowest BCUT2D eigenvalue weighted by Crippen LogP contribution is -2.28. The topological polar surface area (TPSA) is 56.1 Å². The Bertz CT molecular complexity index is 1090. The van der Waals surface area contributed by atoms with Crippen molar-refractivity contribution in [3.05, 3.63) is 45.2 Å². The van der Waals surface area contributed by atoms with Crippen molar-refractivity contribution in [1.82, 2.24) is 9.47 Å². The van der Waals surface area contributed by atoms with E-state index in [1.165, 1.54) is 17.4 Å². The number of ether oxygens (including phenoxy) is 2. The minimum atomic E-state index is -4.59. The number of amides is 1. The van der Waals surface area contributed by atoms with Gasteiger partial charge in [0.1, 0.15) is 12.4 Å². The maximum absolute atomic E-state index is 13.5. The van der Waals surface area contributed by atoms with Gasteiger partial charge < -0.3 is 18.9 Å². The van der Waals surface area contributed by atoms with E-state index >= 15 is 0 Å². The number of rotatable bonds is 9. The number of aromatic nitrogens is 1. The fraction of sp³-hybridized carbons (Fsp3) is 0.615. The van der Waals surface area contributed by atoms with Gasteiger partial charge in [0, 0.05) is 24.2 Å². The molecule has 0 spiro atoms. The van der Waals surface area contributed by atoms with Crippen molar-refractivity contribution >= 4 is 17.2 Å². The second-order valence-electron chi connectivity index (χ2n) is 9.92. The maximum atomic E-state index is 13.5. The zero-order chi connectivity index (χ0) is 26.5. The summed E-state index contributed by atoms with van der Waals surface area (Å²) in [6, 6.07) is 2.98. The molecular weight excluding hydrogens is 491 g/mol. The van der Waals surface area contributed by atoms with Crippen molar-refractivity contribution in [3.63, 3.8) is 0 Å². The van der Waals surface area contributed by atoms with Crippen LogP contribution in [0.1, 0.15) is 68.3 Å². The smallest absolute Gasteiger partial charge is 0.416 e. The summed E-state index contributed by atoms with van der Waals surface area (Å²) in [5, 5.41) is 0. The van der Waals surface area contributed by atoms with Crippen LogP contribution in [0.4, 0.5) is 13.2 Å². The molecular formula is C26H36F3N3O3S. The highest BCUT2D eigenvalue weighted by molar-refractivity contribution is 7.09. The molecule has 6 nitrogen and oxygen atoms in total. The number of thiazole rings is 1. The van der Waals surface area contributed by atoms with Gasteiger partial charge in [-0.1, -0.05) is 34.6 Å². The highest BCUT2D eigenvalue weighted by Gasteiger charge is 2.32. The number of carbonyl (C=O) groups is 1. The first-order valence-electron chi connectivity index (χ1n) is 12.4. The van der Waals surface area contributed by atoms with Gasteiger partial charge in [-0.05, 0) is 49.5 Å². The molecule has 2 aromatic rings. The minimum absolute atomic E-state index is 0.0222. The van der Waals surface area contributed by atoms with Crippen LogP contribution in [0.5, 0.6) is 5.75 Å². The Balaban J connectivity index is 1.98. The average Bonchev–Trinajstić information content (AvgIpc) is 3.46. The Kier molecular flexibility index (Phi) is 9.40. The molecule has 3 rings (SSSR count). The predicted octanol–water partition coefficient (Wildman–Crippen LogP) is 5.51. The number of nitrogens with zero attached hydrogens (tertiary/aromatic N) is 3. The fourth-order valence-electron chi connectivity index (χ4n) is 3.92. The quantitative estimate of drug-likeness (QED) is 0.432. The summed E-state index contributed by atoms with van der Waals surface area (Å²) < 4.78 is 53.8. The van der Waals surface area contributed by atoms with Crippen LogP contribution in [-0.4, -0.2) is 54.3 Å². The summed E-state index contributed by atoms with van der Waals surface area (Å²) >= 11 is 1.37. The predicted molar refractivity (Wildman–Crippen MR) is 135 cm³/mol. The van der Waals surface area contributed by atoms with Gasteiger partial charge in [0.15, 0.2) is 4.80 Å². The summed E-state index contributed by atoms with van der Waals surface area (Å²) in [6.07, 6.45) is -0.706. The van der Waals surface area contributed by atoms with E-state index in [0.717, 1.165) is 42.9 Å². The molecule has 0 aliphatic carbocycles. The third-order valence-corrected chi connectivity index (χ3v) is 7.62. The Morgan fingerprint density at radius 2 is 1.97 bits per heavy atom. The van der Waals surface area contributed by atoms with Gasteiger partial charge in [0.2, 0.25) is 0 Å². The van der Waals surface area contributed by atoms with E-state index in [1.54, 1.807) is 0 Å². The number of alkyl halides is 3. The molecule has 0 unspecified atom stereocenters. The largest absolute Gasteiger partial charge is 0.491 e. The van der Waals surface area contributed by atoms with Gasteiger partial charge in [-0.2, -0.15) is 18.2 Å². The van der Waals surface area contributed by atoms with Crippen molar-refractivity contribution < 1.29 is 27.4 Å². The second-order valence-corrected chi connectivity index (χ2v) is 10.9. The molecule has 1 aromatic heterocycles. The van der Waals surface area contributed by atoms with Gasteiger partial charge >= 0.3 is 6.18 Å². The monoisotopic (exact) mass is 527 g/mol. The summed E-state index contributed by atoms with van der Waals surface area (Å²) in [7, 11) is 0. The summed E-state index contributed by atoms with van der Waals surface area (Å²) in [5.74, 6) is -0.662. The first kappa shape index (κ1) is 28.4. The van der Waals surface area contributed by atoms with Gasteiger partial charge in [-0.3, -0.25) is 4.79 Å². The first-order valence-corrected chi connectivity index (χ1v) is 13.2. The summed E-state index contributed by atoms with van der Waals surface area (Å²) in [6.45, 7) is 14.0. The first-order chi connectivity index (χ1) is 16.9. The Hall–Kier alpha value is -2.17. The molecule has 2 heterocycles. The van der Waals surface area contributed by atoms with Crippen LogP contribution in [0.3, 0.4) is 0 Å². The molecule has 0 radical (unpaired) electrons. The molecule has 200 valence electrons. The van der Waals surface area contributed by atoms with Crippen LogP contribution in [0, 0.1) is 0 Å². The molecule has 1 aliphatic rings. The lowest BCUT2D eigenvalue weighted by Gasteiger charge is -2.19. The van der Waals surface area contributed by atoms with E-state index in [4.69, 9.17) is 9.47 Å². The van der Waals surface area contributed by atoms with Crippen molar-refractivity contribution in [2.75, 3.05) is 32.8 Å². The van der Waals surface area contributed by atoms with Gasteiger partial charge in [0.05, 0.1) is 23.8 Å². The van der Waals surface area contributed by atoms with E-state index < -0.39 is 17.6 Å². The summed E-state index contributed by atoms with van der Waals surface area (Å²) in [5.41, 5.74) is -1.28. The molecule has 1 fully saturated rings. The Morgan fingerprint density at radius 3 is 2.56 bits per heavy atom. The Labute approximate surface area is 214 Å². The SMILES string of the molecule is CCN(CC)CCOc1ccc(C(F)(F)F)cc1C(=O)N=c1sc(C(C)(C)C)cn1C[C@H]1CCCO1. The van der Waals surface area contributed by atoms with Gasteiger partial charge in [0.25, 0.3) is 5.91 Å². The molecule has 1 atom stereocenters. The highest BCUT2D eigenvalue weighted by atomic mass is 32.1. The molecule has 1 amide bonds. The van der Waals surface area contributed by atoms with Crippen LogP contribution in [0.2, 0.25) is 0 Å². The van der Waals surface area contributed by atoms with Gasteiger partial charge in [-0.15, -0.1) is 11.3 Å². The van der Waals surface area contributed by atoms with Crippen LogP contribution < -0.4 is 9.54 Å². The Morgan fingerprint density at radius 1 is 1.25 bits per heavy atom. The zero-order valence-electron chi connectivity index (χ0n) is 21.7. The number of benzene rings is 1. The maximum Gasteiger partial charge on any atom is 0.416 e. The number of halogens is 3. The number of hydrogen-bond acceptors (Lipinski definition) is 5. The average molecular weight is 528 g/mol. The minimum Gasteiger partial charge on any atom is -0.491 e. The van der Waals surface area contributed by atoms with E-state index in [0.29, 0.717) is 24.5 Å². The third-order valence-electron chi connectivity index (χ3n) is 6.18. The number of hydrogen-bond donors (Lipinski definition) is 0. The molecule has 0 bridgehead atoms. The van der Waals surface area contributed by atoms with Crippen molar-refractivity contribution in [1.29, 1.82) is 0 Å². The van der Waals surface area contributed by atoms with Crippen molar-refractivity contribution in [2.45, 2.75) is 71.7 Å². The summed E-state index contributed by atoms with van der Waals surface area (Å²) in [4.78, 5) is 21.2. The van der Waals surface area contributed by atoms with Crippen LogP contribution in [0.15, 0.2) is 29.4 Å². The van der Waals surface area contributed by atoms with Crippen LogP contribution in [-0.2, 0) is 22.9 Å². The second kappa shape index (κ2) is 11.9. The van der Waals surface area contributed by atoms with Crippen molar-refractivity contribution in [3.8, 4) is 5.75 Å². The van der Waals surface area contributed by atoms with E-state index in [1.807, 2.05) is 24.6 Å². The molecule has 0 N–H and O–H groups in total. The van der Waals surface area contributed by atoms with E-state index in [2.05, 4.69) is 30.7 Å². The molecule has 36 heavy (non-hydrogen) atoms. The lowest BCUT2D eigenvalue weighted by atomic mass is 9.95. The van der Waals surface area contributed by atoms with E-state index in [9.17, 15) is 18.0 Å². The lowest BCUT2D eigenvalue weighted by molar-refractivity contribution is -0.137. The molecule has 1 aliphatic heterocycles. The normalized spacial score (nSPS) is 17.2. The molecule has 0 saturated carbocycles. The number of likely N-dealkylation sites (N-methyl/N-ethyl adjacent to an activating group) is 1. The molecule has 1 saturated heterocycles. The van der Waals surface area contributed by atoms with Gasteiger partial charge in [-0.25, -0.2) is 0 Å².